The minimum Gasteiger partial charge on any atom is -0.497 e. The first-order valence-electron chi connectivity index (χ1n) is 8.92. The van der Waals surface area contributed by atoms with Crippen LogP contribution in [-0.2, 0) is 11.2 Å². The van der Waals surface area contributed by atoms with Crippen molar-refractivity contribution in [1.82, 2.24) is 8.80 Å². The van der Waals surface area contributed by atoms with E-state index in [4.69, 9.17) is 4.74 Å². The van der Waals surface area contributed by atoms with Gasteiger partial charge in [0.15, 0.2) is 16.5 Å². The van der Waals surface area contributed by atoms with Crippen LogP contribution in [0.4, 0.5) is 0 Å². The van der Waals surface area contributed by atoms with Gasteiger partial charge in [-0.3, -0.25) is 4.79 Å². The third-order valence-corrected chi connectivity index (χ3v) is 8.58. The molecule has 0 radical (unpaired) electrons. The molecular weight excluding hydrogens is 344 g/mol. The summed E-state index contributed by atoms with van der Waals surface area (Å²) in [6.07, 6.45) is 3.18. The van der Waals surface area contributed by atoms with Crippen LogP contribution >= 0.6 is 0 Å². The second-order valence-corrected chi connectivity index (χ2v) is 18.4. The molecule has 25 heavy (non-hydrogen) atoms. The Kier molecular flexibility index (Phi) is 5.54. The van der Waals surface area contributed by atoms with Crippen molar-refractivity contribution in [3.05, 3.63) is 30.0 Å². The zero-order valence-corrected chi connectivity index (χ0v) is 18.9. The maximum atomic E-state index is 12.1. The number of hydrogen-bond donors (Lipinski definition) is 0. The van der Waals surface area contributed by atoms with E-state index < -0.39 is 16.5 Å². The molecule has 0 saturated carbocycles. The van der Waals surface area contributed by atoms with E-state index in [0.29, 0.717) is 0 Å². The largest absolute Gasteiger partial charge is 0.497 e. The summed E-state index contributed by atoms with van der Waals surface area (Å²) >= 11 is 0. The number of methoxy groups -OCH3 is 1. The number of nitrogens with zero attached hydrogens (tertiary/aromatic N) is 2. The Balaban J connectivity index is 2.45. The van der Waals surface area contributed by atoms with Gasteiger partial charge < -0.3 is 13.5 Å². The fraction of sp³-hybridized carbons (Fsp3) is 0.526. The van der Waals surface area contributed by atoms with Gasteiger partial charge in [-0.1, -0.05) is 39.3 Å². The molecule has 0 aliphatic heterocycles. The third kappa shape index (κ3) is 4.36. The van der Waals surface area contributed by atoms with Crippen LogP contribution in [0.15, 0.2) is 24.4 Å². The van der Waals surface area contributed by atoms with Crippen molar-refractivity contribution < 1.29 is 9.53 Å². The monoisotopic (exact) mass is 376 g/mol. The lowest BCUT2D eigenvalue weighted by Gasteiger charge is -2.33. The topological polar surface area (TPSA) is 34.5 Å². The number of carbonyl (C=O) groups excluding carboxylic acids is 1. The van der Waals surface area contributed by atoms with Crippen molar-refractivity contribution in [3.8, 4) is 5.75 Å². The van der Waals surface area contributed by atoms with Crippen molar-refractivity contribution in [3.63, 3.8) is 0 Å². The lowest BCUT2D eigenvalue weighted by molar-refractivity contribution is -0.124. The molecule has 0 fully saturated rings. The lowest BCUT2D eigenvalue weighted by atomic mass is 10.1. The zero-order valence-electron chi connectivity index (χ0n) is 16.9. The van der Waals surface area contributed by atoms with Gasteiger partial charge in [-0.05, 0) is 36.4 Å². The van der Waals surface area contributed by atoms with Gasteiger partial charge in [0.1, 0.15) is 5.75 Å². The fourth-order valence-corrected chi connectivity index (χ4v) is 6.54. The molecule has 0 saturated heterocycles. The molecule has 2 rings (SSSR count). The average Bonchev–Trinajstić information content (AvgIpc) is 2.83. The van der Waals surface area contributed by atoms with Gasteiger partial charge >= 0.3 is 0 Å². The molecule has 4 nitrogen and oxygen atoms in total. The van der Waals surface area contributed by atoms with E-state index in [1.165, 1.54) is 16.5 Å². The molecule has 1 heterocycles. The smallest absolute Gasteiger partial charge is 0.211 e. The molecule has 138 valence electrons. The minimum absolute atomic E-state index is 0.186. The molecule has 0 aliphatic carbocycles. The van der Waals surface area contributed by atoms with E-state index in [1.54, 1.807) is 14.0 Å². The predicted molar refractivity (Wildman–Crippen MR) is 112 cm³/mol. The van der Waals surface area contributed by atoms with Crippen LogP contribution in [0.25, 0.3) is 10.9 Å². The highest BCUT2D eigenvalue weighted by molar-refractivity contribution is 6.75. The molecule has 1 aromatic heterocycles. The lowest BCUT2D eigenvalue weighted by Crippen LogP contribution is -2.49. The van der Waals surface area contributed by atoms with Gasteiger partial charge in [0, 0.05) is 24.4 Å². The van der Waals surface area contributed by atoms with E-state index in [-0.39, 0.29) is 5.91 Å². The summed E-state index contributed by atoms with van der Waals surface area (Å²) in [7, 11) is -1.47. The first-order valence-corrected chi connectivity index (χ1v) is 15.8. The molecule has 2 aromatic rings. The van der Waals surface area contributed by atoms with Crippen molar-refractivity contribution in [1.29, 1.82) is 0 Å². The molecule has 0 bridgehead atoms. The molecule has 0 aliphatic rings. The maximum Gasteiger partial charge on any atom is 0.211 e. The highest BCUT2D eigenvalue weighted by Gasteiger charge is 2.27. The summed E-state index contributed by atoms with van der Waals surface area (Å²) in [5.74, 6) is 1.07. The maximum absolute atomic E-state index is 12.1. The Labute approximate surface area is 154 Å². The van der Waals surface area contributed by atoms with Crippen LogP contribution < -0.4 is 4.74 Å². The van der Waals surface area contributed by atoms with Crippen molar-refractivity contribution in [2.45, 2.75) is 52.6 Å². The molecule has 0 N–H and O–H groups in total. The molecule has 1 aromatic carbocycles. The summed E-state index contributed by atoms with van der Waals surface area (Å²) in [5, 5.41) is 1.25. The van der Waals surface area contributed by atoms with Crippen molar-refractivity contribution >= 4 is 33.3 Å². The second kappa shape index (κ2) is 7.00. The number of fused-ring (bicyclic) bond motifs is 1. The SMILES string of the molecule is COc1ccc2c(c1)c(CCN(C(C)=O)[Si](C)(C)C)cn2[Si](C)(C)C. The molecule has 0 spiro atoms. The van der Waals surface area contributed by atoms with E-state index in [2.05, 4.69) is 66.4 Å². The van der Waals surface area contributed by atoms with Gasteiger partial charge in [-0.2, -0.15) is 0 Å². The standard InChI is InChI=1S/C19H32N2O2Si2/c1-15(22)20(24(3,4)5)12-11-16-14-21(25(6,7)8)19-10-9-17(23-2)13-18(16)19/h9-10,13-14H,11-12H2,1-8H3. The zero-order chi connectivity index (χ0) is 19.0. The van der Waals surface area contributed by atoms with Gasteiger partial charge in [0.05, 0.1) is 7.11 Å². The van der Waals surface area contributed by atoms with Crippen LogP contribution in [0.1, 0.15) is 12.5 Å². The Morgan fingerprint density at radius 3 is 2.28 bits per heavy atom. The summed E-state index contributed by atoms with van der Waals surface area (Å²) in [6.45, 7) is 16.2. The summed E-state index contributed by atoms with van der Waals surface area (Å²) in [4.78, 5) is 12.1. The third-order valence-electron chi connectivity index (χ3n) is 4.61. The average molecular weight is 377 g/mol. The number of carbonyl (C=O) groups is 1. The van der Waals surface area contributed by atoms with Gasteiger partial charge in [0.25, 0.3) is 0 Å². The minimum atomic E-state index is -1.66. The van der Waals surface area contributed by atoms with Gasteiger partial charge in [-0.15, -0.1) is 0 Å². The molecule has 1 amide bonds. The molecular formula is C19H32N2O2Si2. The quantitative estimate of drug-likeness (QED) is 0.693. The van der Waals surface area contributed by atoms with Gasteiger partial charge in [-0.25, -0.2) is 0 Å². The molecule has 0 unspecified atom stereocenters. The van der Waals surface area contributed by atoms with E-state index >= 15 is 0 Å². The number of benzene rings is 1. The van der Waals surface area contributed by atoms with E-state index in [9.17, 15) is 4.79 Å². The van der Waals surface area contributed by atoms with Crippen molar-refractivity contribution in [2.24, 2.45) is 0 Å². The van der Waals surface area contributed by atoms with E-state index in [0.717, 1.165) is 18.7 Å². The van der Waals surface area contributed by atoms with Crippen LogP contribution in [-0.4, -0.2) is 44.8 Å². The van der Waals surface area contributed by atoms with Crippen LogP contribution in [0.5, 0.6) is 5.75 Å². The Morgan fingerprint density at radius 1 is 1.16 bits per heavy atom. The first kappa shape index (κ1) is 19.8. The van der Waals surface area contributed by atoms with Gasteiger partial charge in [0.2, 0.25) is 5.91 Å². The fourth-order valence-electron chi connectivity index (χ4n) is 3.36. The number of ether oxygens (including phenoxy) is 1. The second-order valence-electron chi connectivity index (χ2n) is 8.67. The number of rotatable bonds is 6. The number of amides is 1. The highest BCUT2D eigenvalue weighted by Crippen LogP contribution is 2.29. The van der Waals surface area contributed by atoms with Crippen LogP contribution in [0, 0.1) is 0 Å². The number of hydrogen-bond acceptors (Lipinski definition) is 2. The Hall–Kier alpha value is -1.54. The predicted octanol–water partition coefficient (Wildman–Crippen LogP) is 4.56. The van der Waals surface area contributed by atoms with Crippen molar-refractivity contribution in [2.75, 3.05) is 13.7 Å². The normalized spacial score (nSPS) is 12.5. The first-order chi connectivity index (χ1) is 11.4. The Bertz CT molecular complexity index is 770. The number of aromatic nitrogens is 1. The highest BCUT2D eigenvalue weighted by atomic mass is 28.3. The summed E-state index contributed by atoms with van der Waals surface area (Å²) in [6, 6.07) is 6.33. The van der Waals surface area contributed by atoms with E-state index in [1.807, 2.05) is 6.07 Å². The molecule has 6 heteroatoms. The molecule has 0 atom stereocenters. The summed E-state index contributed by atoms with van der Waals surface area (Å²) < 4.78 is 9.98. The summed E-state index contributed by atoms with van der Waals surface area (Å²) in [5.41, 5.74) is 2.58. The van der Waals surface area contributed by atoms with Crippen LogP contribution in [0.3, 0.4) is 0 Å². The van der Waals surface area contributed by atoms with Crippen LogP contribution in [0.2, 0.25) is 39.3 Å². The Morgan fingerprint density at radius 2 is 1.80 bits per heavy atom.